The minimum Gasteiger partial charge on any atom is -0.373 e. The summed E-state index contributed by atoms with van der Waals surface area (Å²) in [6.45, 7) is 3.70. The van der Waals surface area contributed by atoms with Crippen LogP contribution in [0, 0.1) is 6.92 Å². The van der Waals surface area contributed by atoms with Gasteiger partial charge in [-0.3, -0.25) is 9.48 Å². The van der Waals surface area contributed by atoms with Gasteiger partial charge in [0.25, 0.3) is 5.91 Å². The number of ether oxygens (including phenoxy) is 1. The molecule has 2 aromatic rings. The standard InChI is InChI=1S/C19H25ClN4O2/c1-13-5-6-15(20)9-16(13)19(25)24-7-8-26-17(12-22(2)3)18(24)14-10-21-23(4)11-14/h5-6,9-11,17-18H,7-8,12H2,1-4H3/t17-,18-/m0/s1. The molecule has 1 aliphatic heterocycles. The zero-order valence-electron chi connectivity index (χ0n) is 15.6. The van der Waals surface area contributed by atoms with Crippen LogP contribution in [0.1, 0.15) is 27.5 Å². The number of hydrogen-bond donors (Lipinski definition) is 0. The van der Waals surface area contributed by atoms with Crippen LogP contribution < -0.4 is 0 Å². The van der Waals surface area contributed by atoms with Gasteiger partial charge in [0.05, 0.1) is 24.9 Å². The minimum absolute atomic E-state index is 0.0223. The van der Waals surface area contributed by atoms with Crippen LogP contribution in [0.4, 0.5) is 0 Å². The Labute approximate surface area is 159 Å². The molecule has 0 bridgehead atoms. The van der Waals surface area contributed by atoms with Gasteiger partial charge in [-0.15, -0.1) is 0 Å². The number of carbonyl (C=O) groups excluding carboxylic acids is 1. The summed E-state index contributed by atoms with van der Waals surface area (Å²) in [6.07, 6.45) is 3.65. The van der Waals surface area contributed by atoms with Crippen molar-refractivity contribution < 1.29 is 9.53 Å². The normalized spacial score (nSPS) is 20.6. The molecule has 7 heteroatoms. The van der Waals surface area contributed by atoms with Gasteiger partial charge in [-0.1, -0.05) is 17.7 Å². The summed E-state index contributed by atoms with van der Waals surface area (Å²) in [6, 6.07) is 5.24. The number of morpholine rings is 1. The Morgan fingerprint density at radius 3 is 2.85 bits per heavy atom. The van der Waals surface area contributed by atoms with Gasteiger partial charge in [0.15, 0.2) is 0 Å². The molecule has 0 N–H and O–H groups in total. The van der Waals surface area contributed by atoms with E-state index in [-0.39, 0.29) is 18.1 Å². The van der Waals surface area contributed by atoms with E-state index < -0.39 is 0 Å². The lowest BCUT2D eigenvalue weighted by atomic mass is 9.98. The fourth-order valence-electron chi connectivity index (χ4n) is 3.44. The molecule has 0 saturated carbocycles. The van der Waals surface area contributed by atoms with Crippen LogP contribution in [0.15, 0.2) is 30.6 Å². The Balaban J connectivity index is 1.99. The van der Waals surface area contributed by atoms with E-state index in [4.69, 9.17) is 16.3 Å². The highest BCUT2D eigenvalue weighted by Crippen LogP contribution is 2.32. The van der Waals surface area contributed by atoms with Crippen molar-refractivity contribution in [1.82, 2.24) is 19.6 Å². The average molecular weight is 377 g/mol. The van der Waals surface area contributed by atoms with Crippen LogP contribution in [0.5, 0.6) is 0 Å². The third-order valence-corrected chi connectivity index (χ3v) is 4.89. The highest BCUT2D eigenvalue weighted by molar-refractivity contribution is 6.31. The highest BCUT2D eigenvalue weighted by Gasteiger charge is 2.38. The Morgan fingerprint density at radius 2 is 2.19 bits per heavy atom. The smallest absolute Gasteiger partial charge is 0.254 e. The fourth-order valence-corrected chi connectivity index (χ4v) is 3.61. The van der Waals surface area contributed by atoms with Crippen LogP contribution in [-0.2, 0) is 11.8 Å². The van der Waals surface area contributed by atoms with Crippen molar-refractivity contribution in [3.8, 4) is 0 Å². The first kappa shape index (κ1) is 18.9. The quantitative estimate of drug-likeness (QED) is 0.822. The molecular formula is C19H25ClN4O2. The predicted octanol–water partition coefficient (Wildman–Crippen LogP) is 2.53. The summed E-state index contributed by atoms with van der Waals surface area (Å²) in [5.41, 5.74) is 2.53. The van der Waals surface area contributed by atoms with Crippen molar-refractivity contribution in [2.75, 3.05) is 33.8 Å². The Hall–Kier alpha value is -1.89. The molecule has 26 heavy (non-hydrogen) atoms. The van der Waals surface area contributed by atoms with Crippen molar-refractivity contribution in [2.24, 2.45) is 7.05 Å². The van der Waals surface area contributed by atoms with E-state index in [0.29, 0.717) is 23.7 Å². The maximum atomic E-state index is 13.4. The molecule has 1 aliphatic rings. The zero-order valence-corrected chi connectivity index (χ0v) is 16.4. The molecule has 2 atom stereocenters. The number of aromatic nitrogens is 2. The summed E-state index contributed by atoms with van der Waals surface area (Å²) in [7, 11) is 5.89. The number of aryl methyl sites for hydroxylation is 2. The lowest BCUT2D eigenvalue weighted by molar-refractivity contribution is -0.0685. The van der Waals surface area contributed by atoms with Crippen molar-refractivity contribution in [3.05, 3.63) is 52.3 Å². The van der Waals surface area contributed by atoms with Crippen molar-refractivity contribution in [2.45, 2.75) is 19.1 Å². The number of nitrogens with zero attached hydrogens (tertiary/aromatic N) is 4. The molecule has 2 heterocycles. The fraction of sp³-hybridized carbons (Fsp3) is 0.474. The van der Waals surface area contributed by atoms with Gasteiger partial charge < -0.3 is 14.5 Å². The largest absolute Gasteiger partial charge is 0.373 e. The van der Waals surface area contributed by atoms with E-state index in [0.717, 1.165) is 17.7 Å². The number of likely N-dealkylation sites (N-methyl/N-ethyl adjacent to an activating group) is 1. The Morgan fingerprint density at radius 1 is 1.42 bits per heavy atom. The van der Waals surface area contributed by atoms with Crippen LogP contribution in [-0.4, -0.2) is 65.4 Å². The number of carbonyl (C=O) groups is 1. The summed E-state index contributed by atoms with van der Waals surface area (Å²) in [4.78, 5) is 17.3. The molecule has 0 unspecified atom stereocenters. The van der Waals surface area contributed by atoms with Crippen molar-refractivity contribution in [3.63, 3.8) is 0 Å². The molecule has 0 spiro atoms. The van der Waals surface area contributed by atoms with Gasteiger partial charge in [0.1, 0.15) is 0 Å². The lowest BCUT2D eigenvalue weighted by Gasteiger charge is -2.42. The number of benzene rings is 1. The third-order valence-electron chi connectivity index (χ3n) is 4.65. The first-order valence-corrected chi connectivity index (χ1v) is 9.06. The Kier molecular flexibility index (Phi) is 5.65. The second-order valence-electron chi connectivity index (χ2n) is 7.02. The van der Waals surface area contributed by atoms with Crippen LogP contribution in [0.3, 0.4) is 0 Å². The first-order chi connectivity index (χ1) is 12.4. The molecule has 140 valence electrons. The predicted molar refractivity (Wildman–Crippen MR) is 101 cm³/mol. The zero-order chi connectivity index (χ0) is 18.8. The second kappa shape index (κ2) is 7.78. The average Bonchev–Trinajstić information content (AvgIpc) is 3.01. The summed E-state index contributed by atoms with van der Waals surface area (Å²) >= 11 is 6.14. The van der Waals surface area contributed by atoms with Gasteiger partial charge in [-0.05, 0) is 38.7 Å². The summed E-state index contributed by atoms with van der Waals surface area (Å²) in [5, 5.41) is 4.86. The molecular weight excluding hydrogens is 352 g/mol. The molecule has 0 aliphatic carbocycles. The van der Waals surface area contributed by atoms with Gasteiger partial charge in [0, 0.05) is 42.5 Å². The van der Waals surface area contributed by atoms with Gasteiger partial charge >= 0.3 is 0 Å². The Bertz CT molecular complexity index is 790. The van der Waals surface area contributed by atoms with Gasteiger partial charge in [0.2, 0.25) is 0 Å². The SMILES string of the molecule is Cc1ccc(Cl)cc1C(=O)N1CCO[C@@H](CN(C)C)[C@@H]1c1cnn(C)c1. The molecule has 6 nitrogen and oxygen atoms in total. The van der Waals surface area contributed by atoms with E-state index in [1.807, 2.05) is 51.4 Å². The van der Waals surface area contributed by atoms with Crippen LogP contribution >= 0.6 is 11.6 Å². The maximum absolute atomic E-state index is 13.4. The molecule has 1 saturated heterocycles. The van der Waals surface area contributed by atoms with E-state index in [9.17, 15) is 4.79 Å². The van der Waals surface area contributed by atoms with Crippen molar-refractivity contribution in [1.29, 1.82) is 0 Å². The second-order valence-corrected chi connectivity index (χ2v) is 7.46. The van der Waals surface area contributed by atoms with Gasteiger partial charge in [-0.25, -0.2) is 0 Å². The monoisotopic (exact) mass is 376 g/mol. The molecule has 1 amide bonds. The van der Waals surface area contributed by atoms with E-state index in [1.165, 1.54) is 0 Å². The lowest BCUT2D eigenvalue weighted by Crippen LogP contribution is -2.51. The number of rotatable bonds is 4. The highest BCUT2D eigenvalue weighted by atomic mass is 35.5. The van der Waals surface area contributed by atoms with Gasteiger partial charge in [-0.2, -0.15) is 5.10 Å². The summed E-state index contributed by atoms with van der Waals surface area (Å²) in [5.74, 6) is -0.0223. The van der Waals surface area contributed by atoms with E-state index >= 15 is 0 Å². The number of hydrogen-bond acceptors (Lipinski definition) is 4. The molecule has 3 rings (SSSR count). The van der Waals surface area contributed by atoms with Crippen molar-refractivity contribution >= 4 is 17.5 Å². The number of halogens is 1. The van der Waals surface area contributed by atoms with Crippen LogP contribution in [0.2, 0.25) is 5.02 Å². The minimum atomic E-state index is -0.189. The third kappa shape index (κ3) is 3.92. The number of amides is 1. The maximum Gasteiger partial charge on any atom is 0.254 e. The van der Waals surface area contributed by atoms with E-state index in [1.54, 1.807) is 16.8 Å². The van der Waals surface area contributed by atoms with Crippen LogP contribution in [0.25, 0.3) is 0 Å². The topological polar surface area (TPSA) is 50.6 Å². The van der Waals surface area contributed by atoms with E-state index in [2.05, 4.69) is 10.00 Å². The molecule has 1 aromatic heterocycles. The molecule has 0 radical (unpaired) electrons. The summed E-state index contributed by atoms with van der Waals surface area (Å²) < 4.78 is 7.79. The molecule has 1 fully saturated rings. The first-order valence-electron chi connectivity index (χ1n) is 8.69. The molecule has 1 aromatic carbocycles.